The van der Waals surface area contributed by atoms with Crippen molar-refractivity contribution in [3.8, 4) is 11.5 Å². The van der Waals surface area contributed by atoms with Gasteiger partial charge in [-0.1, -0.05) is 22.0 Å². The van der Waals surface area contributed by atoms with Crippen LogP contribution in [0.15, 0.2) is 41.0 Å². The van der Waals surface area contributed by atoms with Crippen molar-refractivity contribution in [3.63, 3.8) is 0 Å². The van der Waals surface area contributed by atoms with Crippen LogP contribution in [0.5, 0.6) is 11.5 Å². The highest BCUT2D eigenvalue weighted by molar-refractivity contribution is 9.10. The lowest BCUT2D eigenvalue weighted by Gasteiger charge is -2.12. The molecule has 1 aliphatic rings. The van der Waals surface area contributed by atoms with Gasteiger partial charge in [-0.15, -0.1) is 0 Å². The van der Waals surface area contributed by atoms with E-state index in [2.05, 4.69) is 32.3 Å². The molecule has 1 aliphatic carbocycles. The molecule has 0 saturated heterocycles. The Bertz CT molecular complexity index is 594. The van der Waals surface area contributed by atoms with Crippen LogP contribution in [0.2, 0.25) is 0 Å². The zero-order chi connectivity index (χ0) is 13.9. The van der Waals surface area contributed by atoms with Gasteiger partial charge in [0, 0.05) is 28.3 Å². The molecular weight excluding hydrogens is 316 g/mol. The first-order valence-corrected chi connectivity index (χ1v) is 7.62. The van der Waals surface area contributed by atoms with Crippen LogP contribution in [0, 0.1) is 6.92 Å². The molecule has 1 saturated carbocycles. The van der Waals surface area contributed by atoms with Gasteiger partial charge in [-0.25, -0.2) is 0 Å². The molecule has 1 heterocycles. The summed E-state index contributed by atoms with van der Waals surface area (Å²) in [6.07, 6.45) is 4.33. The third-order valence-corrected chi connectivity index (χ3v) is 3.79. The summed E-state index contributed by atoms with van der Waals surface area (Å²) < 4.78 is 6.98. The van der Waals surface area contributed by atoms with E-state index >= 15 is 0 Å². The fourth-order valence-electron chi connectivity index (χ4n) is 1.95. The van der Waals surface area contributed by atoms with Gasteiger partial charge in [0.25, 0.3) is 0 Å². The Morgan fingerprint density at radius 2 is 2.15 bits per heavy atom. The summed E-state index contributed by atoms with van der Waals surface area (Å²) in [6.45, 7) is 2.81. The van der Waals surface area contributed by atoms with Crippen molar-refractivity contribution in [2.75, 3.05) is 0 Å². The first kappa shape index (κ1) is 13.6. The van der Waals surface area contributed by atoms with Gasteiger partial charge in [-0.3, -0.25) is 4.98 Å². The Kier molecular flexibility index (Phi) is 4.03. The van der Waals surface area contributed by atoms with E-state index in [1.165, 1.54) is 18.4 Å². The Hall–Kier alpha value is -1.39. The highest BCUT2D eigenvalue weighted by Gasteiger charge is 2.20. The second-order valence-corrected chi connectivity index (χ2v) is 6.06. The summed E-state index contributed by atoms with van der Waals surface area (Å²) in [5.41, 5.74) is 2.16. The topological polar surface area (TPSA) is 34.1 Å². The maximum absolute atomic E-state index is 5.97. The average Bonchev–Trinajstić information content (AvgIpc) is 3.25. The van der Waals surface area contributed by atoms with Crippen molar-refractivity contribution in [2.45, 2.75) is 32.4 Å². The van der Waals surface area contributed by atoms with Crippen LogP contribution >= 0.6 is 15.9 Å². The number of hydrogen-bond acceptors (Lipinski definition) is 3. The number of aromatic nitrogens is 1. The van der Waals surface area contributed by atoms with Gasteiger partial charge < -0.3 is 10.1 Å². The van der Waals surface area contributed by atoms with Crippen LogP contribution in [0.25, 0.3) is 0 Å². The molecule has 0 spiro atoms. The van der Waals surface area contributed by atoms with E-state index in [1.54, 1.807) is 6.20 Å². The summed E-state index contributed by atoms with van der Waals surface area (Å²) in [5.74, 6) is 1.64. The van der Waals surface area contributed by atoms with Crippen molar-refractivity contribution in [1.82, 2.24) is 10.3 Å². The van der Waals surface area contributed by atoms with Crippen molar-refractivity contribution in [2.24, 2.45) is 0 Å². The highest BCUT2D eigenvalue weighted by Crippen LogP contribution is 2.29. The molecule has 3 rings (SSSR count). The number of halogens is 1. The Morgan fingerprint density at radius 3 is 2.85 bits per heavy atom. The standard InChI is InChI=1S/C16H17BrN2O/c1-11-2-7-15(10-18-11)20-16-8-13(17)4-3-12(16)9-19-14-5-6-14/h2-4,7-8,10,14,19H,5-6,9H2,1H3. The van der Waals surface area contributed by atoms with Crippen LogP contribution in [0.4, 0.5) is 0 Å². The SMILES string of the molecule is Cc1ccc(Oc2cc(Br)ccc2CNC2CC2)cn1. The van der Waals surface area contributed by atoms with E-state index in [0.29, 0.717) is 6.04 Å². The number of hydrogen-bond donors (Lipinski definition) is 1. The second-order valence-electron chi connectivity index (χ2n) is 5.14. The largest absolute Gasteiger partial charge is 0.455 e. The van der Waals surface area contributed by atoms with E-state index in [-0.39, 0.29) is 0 Å². The molecular formula is C16H17BrN2O. The van der Waals surface area contributed by atoms with Crippen molar-refractivity contribution >= 4 is 15.9 Å². The van der Waals surface area contributed by atoms with Crippen LogP contribution in [-0.2, 0) is 6.54 Å². The molecule has 4 heteroatoms. The van der Waals surface area contributed by atoms with Crippen molar-refractivity contribution in [1.29, 1.82) is 0 Å². The summed E-state index contributed by atoms with van der Waals surface area (Å²) in [7, 11) is 0. The number of nitrogens with zero attached hydrogens (tertiary/aromatic N) is 1. The predicted octanol–water partition coefficient (Wildman–Crippen LogP) is 4.20. The van der Waals surface area contributed by atoms with E-state index in [4.69, 9.17) is 4.74 Å². The summed E-state index contributed by atoms with van der Waals surface area (Å²) in [5, 5.41) is 3.52. The second kappa shape index (κ2) is 5.94. The average molecular weight is 333 g/mol. The molecule has 0 aliphatic heterocycles. The van der Waals surface area contributed by atoms with E-state index in [9.17, 15) is 0 Å². The monoisotopic (exact) mass is 332 g/mol. The zero-order valence-electron chi connectivity index (χ0n) is 11.4. The Balaban J connectivity index is 1.78. The predicted molar refractivity (Wildman–Crippen MR) is 83.1 cm³/mol. The minimum Gasteiger partial charge on any atom is -0.455 e. The van der Waals surface area contributed by atoms with Crippen molar-refractivity contribution in [3.05, 3.63) is 52.3 Å². The maximum atomic E-state index is 5.97. The lowest BCUT2D eigenvalue weighted by atomic mass is 10.2. The normalized spacial score (nSPS) is 14.3. The molecule has 0 amide bonds. The van der Waals surface area contributed by atoms with Gasteiger partial charge in [0.1, 0.15) is 11.5 Å². The first-order chi connectivity index (χ1) is 9.70. The molecule has 0 unspecified atom stereocenters. The summed E-state index contributed by atoms with van der Waals surface area (Å²) in [4.78, 5) is 4.26. The fourth-order valence-corrected chi connectivity index (χ4v) is 2.29. The minimum absolute atomic E-state index is 0.688. The molecule has 1 N–H and O–H groups in total. The smallest absolute Gasteiger partial charge is 0.145 e. The van der Waals surface area contributed by atoms with Crippen molar-refractivity contribution < 1.29 is 4.74 Å². The number of ether oxygens (including phenoxy) is 1. The number of aryl methyl sites for hydroxylation is 1. The molecule has 3 nitrogen and oxygen atoms in total. The molecule has 0 radical (unpaired) electrons. The lowest BCUT2D eigenvalue weighted by Crippen LogP contribution is -2.15. The lowest BCUT2D eigenvalue weighted by molar-refractivity contribution is 0.469. The van der Waals surface area contributed by atoms with Crippen LogP contribution in [-0.4, -0.2) is 11.0 Å². The summed E-state index contributed by atoms with van der Waals surface area (Å²) in [6, 6.07) is 10.7. The minimum atomic E-state index is 0.688. The van der Waals surface area contributed by atoms with Gasteiger partial charge in [0.05, 0.1) is 6.20 Å². The van der Waals surface area contributed by atoms with Gasteiger partial charge in [-0.05, 0) is 44.0 Å². The van der Waals surface area contributed by atoms with Gasteiger partial charge >= 0.3 is 0 Å². The first-order valence-electron chi connectivity index (χ1n) is 6.83. The number of rotatable bonds is 5. The third kappa shape index (κ3) is 3.58. The third-order valence-electron chi connectivity index (χ3n) is 3.30. The van der Waals surface area contributed by atoms with E-state index in [0.717, 1.165) is 28.2 Å². The number of pyridine rings is 1. The Morgan fingerprint density at radius 1 is 1.30 bits per heavy atom. The zero-order valence-corrected chi connectivity index (χ0v) is 13.0. The fraction of sp³-hybridized carbons (Fsp3) is 0.312. The van der Waals surface area contributed by atoms with Crippen LogP contribution in [0.3, 0.4) is 0 Å². The number of benzene rings is 1. The van der Waals surface area contributed by atoms with E-state index in [1.807, 2.05) is 31.2 Å². The highest BCUT2D eigenvalue weighted by atomic mass is 79.9. The van der Waals surface area contributed by atoms with Gasteiger partial charge in [0.15, 0.2) is 0 Å². The van der Waals surface area contributed by atoms with Gasteiger partial charge in [0.2, 0.25) is 0 Å². The Labute approximate surface area is 127 Å². The molecule has 20 heavy (non-hydrogen) atoms. The molecule has 104 valence electrons. The molecule has 1 aromatic heterocycles. The number of nitrogens with one attached hydrogen (secondary N) is 1. The molecule has 0 bridgehead atoms. The molecule has 1 aromatic carbocycles. The van der Waals surface area contributed by atoms with Gasteiger partial charge in [-0.2, -0.15) is 0 Å². The maximum Gasteiger partial charge on any atom is 0.145 e. The molecule has 0 atom stereocenters. The molecule has 1 fully saturated rings. The molecule has 2 aromatic rings. The quantitative estimate of drug-likeness (QED) is 0.891. The van der Waals surface area contributed by atoms with Crippen LogP contribution < -0.4 is 10.1 Å². The van der Waals surface area contributed by atoms with Crippen LogP contribution in [0.1, 0.15) is 24.1 Å². The van der Waals surface area contributed by atoms with E-state index < -0.39 is 0 Å². The summed E-state index contributed by atoms with van der Waals surface area (Å²) >= 11 is 3.50.